The Hall–Kier alpha value is -4.15. The van der Waals surface area contributed by atoms with Crippen LogP contribution in [-0.4, -0.2) is 80.8 Å². The van der Waals surface area contributed by atoms with Gasteiger partial charge in [-0.2, -0.15) is 5.10 Å². The van der Waals surface area contributed by atoms with E-state index in [2.05, 4.69) is 39.1 Å². The van der Waals surface area contributed by atoms with Gasteiger partial charge in [0.25, 0.3) is 5.91 Å². The third-order valence-electron chi connectivity index (χ3n) is 8.43. The fourth-order valence-electron chi connectivity index (χ4n) is 6.54. The van der Waals surface area contributed by atoms with E-state index in [0.29, 0.717) is 25.3 Å². The SMILES string of the molecule is COc1ccc2c(c1)CCN(C1CCN(c3cc(C(=O)N4Cc5cnn(C)c5C(C)(C)C4)ncn3)CC1)C(=O)N2. The number of amides is 3. The first-order chi connectivity index (χ1) is 19.2. The number of benzene rings is 1. The summed E-state index contributed by atoms with van der Waals surface area (Å²) in [7, 11) is 3.60. The summed E-state index contributed by atoms with van der Waals surface area (Å²) in [6, 6.07) is 7.66. The first kappa shape index (κ1) is 26.1. The lowest BCUT2D eigenvalue weighted by Gasteiger charge is -2.39. The molecule has 3 aromatic rings. The van der Waals surface area contributed by atoms with Gasteiger partial charge in [-0.15, -0.1) is 0 Å². The number of fused-ring (bicyclic) bond motifs is 2. The van der Waals surface area contributed by atoms with E-state index in [0.717, 1.165) is 60.7 Å². The third-order valence-corrected chi connectivity index (χ3v) is 8.43. The fraction of sp³-hybridized carbons (Fsp3) is 0.483. The molecule has 11 nitrogen and oxygen atoms in total. The van der Waals surface area contributed by atoms with E-state index in [9.17, 15) is 9.59 Å². The van der Waals surface area contributed by atoms with Gasteiger partial charge in [0.15, 0.2) is 0 Å². The number of hydrogen-bond donors (Lipinski definition) is 1. The Morgan fingerprint density at radius 2 is 1.90 bits per heavy atom. The van der Waals surface area contributed by atoms with Crippen molar-refractivity contribution in [3.8, 4) is 5.75 Å². The summed E-state index contributed by atoms with van der Waals surface area (Å²) in [5, 5.41) is 7.49. The molecule has 2 aromatic heterocycles. The normalized spacial score (nSPS) is 19.0. The number of ether oxygens (including phenoxy) is 1. The molecule has 0 saturated carbocycles. The predicted octanol–water partition coefficient (Wildman–Crippen LogP) is 3.21. The summed E-state index contributed by atoms with van der Waals surface area (Å²) in [4.78, 5) is 41.4. The van der Waals surface area contributed by atoms with E-state index >= 15 is 0 Å². The number of carbonyl (C=O) groups excluding carboxylic acids is 2. The van der Waals surface area contributed by atoms with Crippen molar-refractivity contribution in [3.05, 3.63) is 59.3 Å². The predicted molar refractivity (Wildman–Crippen MR) is 151 cm³/mol. The van der Waals surface area contributed by atoms with E-state index in [1.165, 1.54) is 12.0 Å². The lowest BCUT2D eigenvalue weighted by molar-refractivity contribution is 0.0675. The maximum absolute atomic E-state index is 13.5. The lowest BCUT2D eigenvalue weighted by Crippen LogP contribution is -2.49. The number of urea groups is 1. The summed E-state index contributed by atoms with van der Waals surface area (Å²) in [6.07, 6.45) is 5.75. The molecule has 1 saturated heterocycles. The van der Waals surface area contributed by atoms with Crippen molar-refractivity contribution in [2.45, 2.75) is 51.1 Å². The molecule has 0 radical (unpaired) electrons. The van der Waals surface area contributed by atoms with Gasteiger partial charge in [-0.1, -0.05) is 13.8 Å². The van der Waals surface area contributed by atoms with Crippen molar-refractivity contribution < 1.29 is 14.3 Å². The number of piperidine rings is 1. The van der Waals surface area contributed by atoms with Crippen LogP contribution in [-0.2, 0) is 25.4 Å². The van der Waals surface area contributed by atoms with Crippen molar-refractivity contribution >= 4 is 23.4 Å². The zero-order valence-electron chi connectivity index (χ0n) is 23.6. The monoisotopic (exact) mass is 544 g/mol. The number of aryl methyl sites for hydroxylation is 1. The first-order valence-corrected chi connectivity index (χ1v) is 13.9. The Morgan fingerprint density at radius 3 is 2.67 bits per heavy atom. The van der Waals surface area contributed by atoms with Gasteiger partial charge in [-0.3, -0.25) is 9.48 Å². The highest BCUT2D eigenvalue weighted by atomic mass is 16.5. The highest BCUT2D eigenvalue weighted by molar-refractivity contribution is 5.93. The molecule has 3 amide bonds. The van der Waals surface area contributed by atoms with Gasteiger partial charge in [-0.25, -0.2) is 14.8 Å². The summed E-state index contributed by atoms with van der Waals surface area (Å²) in [5.41, 5.74) is 4.37. The molecule has 3 aliphatic heterocycles. The molecule has 6 rings (SSSR count). The van der Waals surface area contributed by atoms with Crippen molar-refractivity contribution in [1.82, 2.24) is 29.5 Å². The smallest absolute Gasteiger partial charge is 0.322 e. The Kier molecular flexibility index (Phi) is 6.59. The molecule has 1 aromatic carbocycles. The summed E-state index contributed by atoms with van der Waals surface area (Å²) >= 11 is 0. The highest BCUT2D eigenvalue weighted by Gasteiger charge is 2.37. The maximum Gasteiger partial charge on any atom is 0.322 e. The molecule has 210 valence electrons. The molecule has 0 bridgehead atoms. The Balaban J connectivity index is 1.11. The van der Waals surface area contributed by atoms with E-state index in [-0.39, 0.29) is 23.4 Å². The molecule has 5 heterocycles. The minimum atomic E-state index is -0.209. The van der Waals surface area contributed by atoms with Gasteiger partial charge in [0.1, 0.15) is 23.6 Å². The summed E-state index contributed by atoms with van der Waals surface area (Å²) in [6.45, 7) is 7.55. The van der Waals surface area contributed by atoms with Crippen LogP contribution in [0.25, 0.3) is 0 Å². The number of carbonyl (C=O) groups is 2. The van der Waals surface area contributed by atoms with Crippen LogP contribution in [0.1, 0.15) is 54.0 Å². The van der Waals surface area contributed by atoms with Crippen molar-refractivity contribution in [2.24, 2.45) is 7.05 Å². The van der Waals surface area contributed by atoms with Gasteiger partial charge >= 0.3 is 6.03 Å². The average Bonchev–Trinajstić information content (AvgIpc) is 3.26. The number of rotatable bonds is 4. The van der Waals surface area contributed by atoms with Crippen LogP contribution < -0.4 is 15.0 Å². The average molecular weight is 545 g/mol. The standard InChI is InChI=1S/C29H36N8O3/c1-29(2)17-36(16-20-15-32-34(3)26(20)29)27(38)24-14-25(31-18-30-24)35-10-8-21(9-11-35)37-12-7-19-13-22(40-4)5-6-23(19)33-28(37)39/h5-6,13-15,18,21H,7-12,16-17H2,1-4H3,(H,33,39). The van der Waals surface area contributed by atoms with Gasteiger partial charge in [0.05, 0.1) is 19.0 Å². The quantitative estimate of drug-likeness (QED) is 0.537. The lowest BCUT2D eigenvalue weighted by atomic mass is 9.83. The van der Waals surface area contributed by atoms with Crippen LogP contribution in [0.15, 0.2) is 36.8 Å². The van der Waals surface area contributed by atoms with Gasteiger partial charge in [0, 0.05) is 68.5 Å². The zero-order valence-corrected chi connectivity index (χ0v) is 23.6. The van der Waals surface area contributed by atoms with Crippen LogP contribution in [0.2, 0.25) is 0 Å². The number of aromatic nitrogens is 4. The molecule has 0 aliphatic carbocycles. The zero-order chi connectivity index (χ0) is 28.0. The fourth-order valence-corrected chi connectivity index (χ4v) is 6.54. The third kappa shape index (κ3) is 4.73. The molecule has 11 heteroatoms. The van der Waals surface area contributed by atoms with Crippen LogP contribution in [0.3, 0.4) is 0 Å². The van der Waals surface area contributed by atoms with E-state index in [1.807, 2.05) is 45.9 Å². The minimum absolute atomic E-state index is 0.0569. The first-order valence-electron chi connectivity index (χ1n) is 13.9. The van der Waals surface area contributed by atoms with Gasteiger partial charge in [0.2, 0.25) is 0 Å². The van der Waals surface area contributed by atoms with E-state index in [4.69, 9.17) is 4.74 Å². The Morgan fingerprint density at radius 1 is 1.10 bits per heavy atom. The molecular formula is C29H36N8O3. The topological polar surface area (TPSA) is 109 Å². The Bertz CT molecular complexity index is 1440. The number of methoxy groups -OCH3 is 1. The van der Waals surface area contributed by atoms with Crippen molar-refractivity contribution in [3.63, 3.8) is 0 Å². The largest absolute Gasteiger partial charge is 0.497 e. The van der Waals surface area contributed by atoms with Crippen LogP contribution in [0, 0.1) is 0 Å². The highest BCUT2D eigenvalue weighted by Crippen LogP contribution is 2.34. The second kappa shape index (κ2) is 10.1. The molecule has 3 aliphatic rings. The van der Waals surface area contributed by atoms with Gasteiger partial charge < -0.3 is 24.8 Å². The van der Waals surface area contributed by atoms with Crippen molar-refractivity contribution in [1.29, 1.82) is 0 Å². The molecule has 1 N–H and O–H groups in total. The van der Waals surface area contributed by atoms with Crippen LogP contribution in [0.5, 0.6) is 5.75 Å². The molecular weight excluding hydrogens is 508 g/mol. The second-order valence-corrected chi connectivity index (χ2v) is 11.6. The van der Waals surface area contributed by atoms with E-state index < -0.39 is 0 Å². The summed E-state index contributed by atoms with van der Waals surface area (Å²) < 4.78 is 7.27. The van der Waals surface area contributed by atoms with Crippen molar-refractivity contribution in [2.75, 3.05) is 43.5 Å². The molecule has 0 atom stereocenters. The maximum atomic E-state index is 13.5. The van der Waals surface area contributed by atoms with E-state index in [1.54, 1.807) is 13.2 Å². The molecule has 0 spiro atoms. The minimum Gasteiger partial charge on any atom is -0.497 e. The molecule has 0 unspecified atom stereocenters. The Labute approximate surface area is 234 Å². The van der Waals surface area contributed by atoms with Crippen LogP contribution >= 0.6 is 0 Å². The molecule has 1 fully saturated rings. The number of nitrogens with one attached hydrogen (secondary N) is 1. The number of nitrogens with zero attached hydrogens (tertiary/aromatic N) is 7. The second-order valence-electron chi connectivity index (χ2n) is 11.6. The van der Waals surface area contributed by atoms with Crippen LogP contribution in [0.4, 0.5) is 16.3 Å². The number of anilines is 2. The molecule has 40 heavy (non-hydrogen) atoms. The number of hydrogen-bond acceptors (Lipinski definition) is 7. The van der Waals surface area contributed by atoms with Gasteiger partial charge in [-0.05, 0) is 43.0 Å². The summed E-state index contributed by atoms with van der Waals surface area (Å²) in [5.74, 6) is 1.44.